The minimum atomic E-state index is -0.401. The molecule has 98 valence electrons. The van der Waals surface area contributed by atoms with E-state index in [4.69, 9.17) is 4.74 Å². The molecule has 0 radical (unpaired) electrons. The van der Waals surface area contributed by atoms with Crippen molar-refractivity contribution in [2.75, 3.05) is 20.7 Å². The molecule has 18 heavy (non-hydrogen) atoms. The number of aliphatic hydroxyl groups is 1. The van der Waals surface area contributed by atoms with Crippen molar-refractivity contribution in [2.24, 2.45) is 0 Å². The summed E-state index contributed by atoms with van der Waals surface area (Å²) in [4.78, 5) is 13.0. The monoisotopic (exact) mass is 249 g/mol. The van der Waals surface area contributed by atoms with Crippen LogP contribution in [0.5, 0.6) is 5.75 Å². The smallest absolute Gasteiger partial charge is 0.259 e. The Morgan fingerprint density at radius 1 is 1.50 bits per heavy atom. The minimum Gasteiger partial charge on any atom is -0.483 e. The lowest BCUT2D eigenvalue weighted by Gasteiger charge is -2.23. The Hall–Kier alpha value is -1.55. The highest BCUT2D eigenvalue weighted by Gasteiger charge is 2.21. The zero-order valence-corrected chi connectivity index (χ0v) is 10.8. The van der Waals surface area contributed by atoms with Crippen LogP contribution < -0.4 is 4.74 Å². The number of nitrogens with zero attached hydrogens (tertiary/aromatic N) is 1. The minimum absolute atomic E-state index is 0.0412. The highest BCUT2D eigenvalue weighted by molar-refractivity contribution is 5.77. The van der Waals surface area contributed by atoms with Gasteiger partial charge in [0, 0.05) is 14.1 Å². The van der Waals surface area contributed by atoms with Gasteiger partial charge in [0.15, 0.2) is 6.61 Å². The highest BCUT2D eigenvalue weighted by Crippen LogP contribution is 2.35. The number of hydrogen-bond donors (Lipinski definition) is 1. The van der Waals surface area contributed by atoms with Crippen LogP contribution in [0, 0.1) is 0 Å². The van der Waals surface area contributed by atoms with Crippen molar-refractivity contribution >= 4 is 5.91 Å². The Morgan fingerprint density at radius 3 is 3.00 bits per heavy atom. The van der Waals surface area contributed by atoms with Crippen molar-refractivity contribution in [3.63, 3.8) is 0 Å². The summed E-state index contributed by atoms with van der Waals surface area (Å²) in [5.74, 6) is 0.658. The van der Waals surface area contributed by atoms with E-state index in [9.17, 15) is 9.90 Å². The molecule has 1 N–H and O–H groups in total. The van der Waals surface area contributed by atoms with Crippen LogP contribution >= 0.6 is 0 Å². The number of likely N-dealkylation sites (N-methyl/N-ethyl adjacent to an activating group) is 1. The van der Waals surface area contributed by atoms with Gasteiger partial charge < -0.3 is 14.7 Å². The summed E-state index contributed by atoms with van der Waals surface area (Å²) in [6.07, 6.45) is 2.25. The third kappa shape index (κ3) is 2.64. The molecule has 0 bridgehead atoms. The number of carbonyl (C=O) groups excluding carboxylic acids is 1. The zero-order chi connectivity index (χ0) is 13.1. The molecule has 1 unspecified atom stereocenters. The second-order valence-electron chi connectivity index (χ2n) is 4.81. The molecule has 1 aliphatic rings. The van der Waals surface area contributed by atoms with Gasteiger partial charge in [-0.25, -0.2) is 0 Å². The van der Waals surface area contributed by atoms with E-state index < -0.39 is 6.10 Å². The Bertz CT molecular complexity index is 443. The van der Waals surface area contributed by atoms with Crippen molar-refractivity contribution in [2.45, 2.75) is 25.4 Å². The lowest BCUT2D eigenvalue weighted by molar-refractivity contribution is -0.130. The third-order valence-electron chi connectivity index (χ3n) is 3.28. The summed E-state index contributed by atoms with van der Waals surface area (Å²) in [6.45, 7) is 0.0412. The second kappa shape index (κ2) is 5.40. The van der Waals surface area contributed by atoms with Gasteiger partial charge in [0.25, 0.3) is 5.91 Å². The molecule has 0 fully saturated rings. The predicted molar refractivity (Wildman–Crippen MR) is 68.5 cm³/mol. The molecule has 1 aliphatic carbocycles. The molecule has 1 aromatic rings. The van der Waals surface area contributed by atoms with E-state index >= 15 is 0 Å². The Labute approximate surface area is 107 Å². The molecule has 0 aromatic heterocycles. The van der Waals surface area contributed by atoms with Gasteiger partial charge in [0.05, 0.1) is 6.10 Å². The van der Waals surface area contributed by atoms with Gasteiger partial charge in [-0.3, -0.25) is 4.79 Å². The van der Waals surface area contributed by atoms with Crippen LogP contribution in [0.4, 0.5) is 0 Å². The second-order valence-corrected chi connectivity index (χ2v) is 4.81. The fraction of sp³-hybridized carbons (Fsp3) is 0.500. The van der Waals surface area contributed by atoms with Gasteiger partial charge in [-0.15, -0.1) is 0 Å². The zero-order valence-electron chi connectivity index (χ0n) is 10.8. The van der Waals surface area contributed by atoms with Gasteiger partial charge in [0.1, 0.15) is 5.75 Å². The van der Waals surface area contributed by atoms with Gasteiger partial charge in [-0.2, -0.15) is 0 Å². The molecule has 1 atom stereocenters. The molecule has 2 rings (SSSR count). The van der Waals surface area contributed by atoms with Crippen molar-refractivity contribution in [3.8, 4) is 5.75 Å². The number of ether oxygens (including phenoxy) is 1. The van der Waals surface area contributed by atoms with E-state index in [1.807, 2.05) is 18.2 Å². The van der Waals surface area contributed by atoms with Gasteiger partial charge in [-0.05, 0) is 36.5 Å². The summed E-state index contributed by atoms with van der Waals surface area (Å²) in [6, 6.07) is 5.66. The number of fused-ring (bicyclic) bond motifs is 1. The molecule has 0 heterocycles. The van der Waals surface area contributed by atoms with E-state index in [1.54, 1.807) is 14.1 Å². The maximum atomic E-state index is 11.5. The summed E-state index contributed by atoms with van der Waals surface area (Å²) in [5.41, 5.74) is 1.99. The van der Waals surface area contributed by atoms with Crippen LogP contribution in [0.15, 0.2) is 18.2 Å². The number of aliphatic hydroxyl groups excluding tert-OH is 1. The first-order chi connectivity index (χ1) is 8.59. The molecule has 4 nitrogen and oxygen atoms in total. The lowest BCUT2D eigenvalue weighted by Crippen LogP contribution is -2.28. The topological polar surface area (TPSA) is 49.8 Å². The van der Waals surface area contributed by atoms with Crippen LogP contribution in [0.2, 0.25) is 0 Å². The van der Waals surface area contributed by atoms with Crippen LogP contribution in [0.25, 0.3) is 0 Å². The normalized spacial score (nSPS) is 18.1. The molecule has 0 spiro atoms. The maximum Gasteiger partial charge on any atom is 0.259 e. The SMILES string of the molecule is CN(C)C(=O)COc1cccc2c1CCCC2O. The van der Waals surface area contributed by atoms with E-state index in [1.165, 1.54) is 4.90 Å². The Balaban J connectivity index is 2.14. The lowest BCUT2D eigenvalue weighted by atomic mass is 9.89. The van der Waals surface area contributed by atoms with E-state index in [0.29, 0.717) is 0 Å². The fourth-order valence-electron chi connectivity index (χ4n) is 2.19. The van der Waals surface area contributed by atoms with Gasteiger partial charge in [-0.1, -0.05) is 12.1 Å². The van der Waals surface area contributed by atoms with Gasteiger partial charge >= 0.3 is 0 Å². The largest absolute Gasteiger partial charge is 0.483 e. The first-order valence-corrected chi connectivity index (χ1v) is 6.22. The molecule has 0 saturated carbocycles. The first kappa shape index (κ1) is 12.9. The van der Waals surface area contributed by atoms with Crippen LogP contribution in [-0.2, 0) is 11.2 Å². The molecule has 0 saturated heterocycles. The number of hydrogen-bond acceptors (Lipinski definition) is 3. The van der Waals surface area contributed by atoms with Crippen molar-refractivity contribution < 1.29 is 14.6 Å². The average Bonchev–Trinajstić information content (AvgIpc) is 2.36. The highest BCUT2D eigenvalue weighted by atomic mass is 16.5. The number of amides is 1. The van der Waals surface area contributed by atoms with Crippen LogP contribution in [0.1, 0.15) is 30.1 Å². The first-order valence-electron chi connectivity index (χ1n) is 6.22. The van der Waals surface area contributed by atoms with E-state index in [0.717, 1.165) is 36.1 Å². The summed E-state index contributed by atoms with van der Waals surface area (Å²) < 4.78 is 5.57. The molecule has 4 heteroatoms. The quantitative estimate of drug-likeness (QED) is 0.883. The number of benzene rings is 1. The molecular formula is C14H19NO3. The molecular weight excluding hydrogens is 230 g/mol. The molecule has 1 amide bonds. The van der Waals surface area contributed by atoms with Crippen molar-refractivity contribution in [1.29, 1.82) is 0 Å². The predicted octanol–water partition coefficient (Wildman–Crippen LogP) is 1.52. The average molecular weight is 249 g/mol. The summed E-state index contributed by atoms with van der Waals surface area (Å²) >= 11 is 0. The number of carbonyl (C=O) groups is 1. The van der Waals surface area contributed by atoms with Crippen LogP contribution in [-0.4, -0.2) is 36.6 Å². The third-order valence-corrected chi connectivity index (χ3v) is 3.28. The summed E-state index contributed by atoms with van der Waals surface area (Å²) in [7, 11) is 3.41. The summed E-state index contributed by atoms with van der Waals surface area (Å²) in [5, 5.41) is 9.92. The van der Waals surface area contributed by atoms with Gasteiger partial charge in [0.2, 0.25) is 0 Å². The number of rotatable bonds is 3. The van der Waals surface area contributed by atoms with E-state index in [2.05, 4.69) is 0 Å². The maximum absolute atomic E-state index is 11.5. The fourth-order valence-corrected chi connectivity index (χ4v) is 2.19. The Morgan fingerprint density at radius 2 is 2.28 bits per heavy atom. The standard InChI is InChI=1S/C14H19NO3/c1-15(2)14(17)9-18-13-8-4-5-10-11(13)6-3-7-12(10)16/h4-5,8,12,16H,3,6-7,9H2,1-2H3. The van der Waals surface area contributed by atoms with Crippen molar-refractivity contribution in [3.05, 3.63) is 29.3 Å². The molecule has 0 aliphatic heterocycles. The van der Waals surface area contributed by atoms with Crippen LogP contribution in [0.3, 0.4) is 0 Å². The van der Waals surface area contributed by atoms with E-state index in [-0.39, 0.29) is 12.5 Å². The molecule has 1 aromatic carbocycles. The Kier molecular flexibility index (Phi) is 3.87. The van der Waals surface area contributed by atoms with Crippen molar-refractivity contribution in [1.82, 2.24) is 4.90 Å².